The number of hydrogen-bond acceptors (Lipinski definition) is 4. The topological polar surface area (TPSA) is 45.7 Å². The van der Waals surface area contributed by atoms with Crippen molar-refractivity contribution < 1.29 is 13.9 Å². The van der Waals surface area contributed by atoms with E-state index in [9.17, 15) is 9.18 Å². The number of amides is 1. The molecular weight excluding hydrogens is 333 g/mol. The minimum absolute atomic E-state index is 0.0271. The Kier molecular flexibility index (Phi) is 5.83. The van der Waals surface area contributed by atoms with Crippen molar-refractivity contribution in [2.24, 2.45) is 0 Å². The number of carbonyl (C=O) groups excluding carboxylic acids is 1. The second kappa shape index (κ2) is 8.27. The lowest BCUT2D eigenvalue weighted by Gasteiger charge is -2.25. The molecule has 0 N–H and O–H groups in total. The Bertz CT molecular complexity index is 766. The average Bonchev–Trinajstić information content (AvgIpc) is 3.09. The van der Waals surface area contributed by atoms with Crippen LogP contribution in [0.3, 0.4) is 0 Å². The molecule has 0 bridgehead atoms. The van der Waals surface area contributed by atoms with Gasteiger partial charge in [0.25, 0.3) is 5.91 Å². The number of halogens is 1. The summed E-state index contributed by atoms with van der Waals surface area (Å²) in [7, 11) is 4.01. The number of ether oxygens (including phenoxy) is 1. The minimum Gasteiger partial charge on any atom is -0.484 e. The highest BCUT2D eigenvalue weighted by molar-refractivity contribution is 5.78. The molecule has 1 aliphatic rings. The van der Waals surface area contributed by atoms with E-state index in [0.717, 1.165) is 30.8 Å². The maximum atomic E-state index is 13.2. The fraction of sp³-hybridized carbons (Fsp3) is 0.400. The van der Waals surface area contributed by atoms with Crippen molar-refractivity contribution in [3.05, 3.63) is 59.7 Å². The van der Waals surface area contributed by atoms with Gasteiger partial charge in [-0.3, -0.25) is 9.78 Å². The van der Waals surface area contributed by atoms with Crippen LogP contribution in [0.1, 0.15) is 30.3 Å². The summed E-state index contributed by atoms with van der Waals surface area (Å²) >= 11 is 0. The highest BCUT2D eigenvalue weighted by atomic mass is 19.1. The Hall–Kier alpha value is -2.47. The van der Waals surface area contributed by atoms with Crippen LogP contribution in [0.15, 0.2) is 42.5 Å². The van der Waals surface area contributed by atoms with Crippen LogP contribution in [0.5, 0.6) is 5.75 Å². The van der Waals surface area contributed by atoms with Crippen LogP contribution >= 0.6 is 0 Å². The van der Waals surface area contributed by atoms with E-state index in [4.69, 9.17) is 9.72 Å². The first-order valence-corrected chi connectivity index (χ1v) is 8.81. The summed E-state index contributed by atoms with van der Waals surface area (Å²) in [6.45, 7) is 1.35. The molecule has 2 heterocycles. The number of pyridine rings is 1. The smallest absolute Gasteiger partial charge is 0.261 e. The third-order valence-electron chi connectivity index (χ3n) is 4.38. The van der Waals surface area contributed by atoms with Crippen molar-refractivity contribution in [2.45, 2.75) is 25.4 Å². The molecule has 1 atom stereocenters. The molecule has 1 aliphatic heterocycles. The number of carbonyl (C=O) groups is 1. The molecule has 3 rings (SSSR count). The monoisotopic (exact) mass is 357 g/mol. The summed E-state index contributed by atoms with van der Waals surface area (Å²) in [4.78, 5) is 21.2. The standard InChI is InChI=1S/C20H24FN3O2/c1-23(2)13-16-7-4-9-18(22-16)19-10-5-11-24(19)20(25)14-26-17-8-3-6-15(21)12-17/h3-4,6-9,12,19H,5,10-11,13-14H2,1-2H3. The predicted molar refractivity (Wildman–Crippen MR) is 97.2 cm³/mol. The molecule has 1 fully saturated rings. The Morgan fingerprint density at radius 2 is 2.12 bits per heavy atom. The molecular formula is C20H24FN3O2. The molecule has 26 heavy (non-hydrogen) atoms. The van der Waals surface area contributed by atoms with Crippen LogP contribution in [0, 0.1) is 5.82 Å². The van der Waals surface area contributed by atoms with Gasteiger partial charge in [-0.2, -0.15) is 0 Å². The second-order valence-corrected chi connectivity index (χ2v) is 6.78. The third-order valence-corrected chi connectivity index (χ3v) is 4.38. The summed E-state index contributed by atoms with van der Waals surface area (Å²) in [5, 5.41) is 0. The van der Waals surface area contributed by atoms with E-state index >= 15 is 0 Å². The first kappa shape index (κ1) is 18.3. The van der Waals surface area contributed by atoms with Crippen LogP contribution in [0.2, 0.25) is 0 Å². The highest BCUT2D eigenvalue weighted by Crippen LogP contribution is 2.31. The molecule has 1 saturated heterocycles. The summed E-state index contributed by atoms with van der Waals surface area (Å²) < 4.78 is 18.7. The number of aromatic nitrogens is 1. The molecule has 0 aliphatic carbocycles. The van der Waals surface area contributed by atoms with Gasteiger partial charge in [-0.25, -0.2) is 4.39 Å². The number of rotatable bonds is 6. The molecule has 1 aromatic carbocycles. The van der Waals surface area contributed by atoms with Gasteiger partial charge in [0.1, 0.15) is 11.6 Å². The molecule has 138 valence electrons. The number of benzene rings is 1. The molecule has 1 amide bonds. The Morgan fingerprint density at radius 3 is 2.88 bits per heavy atom. The van der Waals surface area contributed by atoms with Gasteiger partial charge in [0.15, 0.2) is 6.61 Å². The first-order valence-electron chi connectivity index (χ1n) is 8.81. The van der Waals surface area contributed by atoms with Crippen LogP contribution in [0.4, 0.5) is 4.39 Å². The minimum atomic E-state index is -0.379. The van der Waals surface area contributed by atoms with E-state index in [0.29, 0.717) is 12.3 Å². The Labute approximate surface area is 153 Å². The van der Waals surface area contributed by atoms with E-state index in [2.05, 4.69) is 4.90 Å². The lowest BCUT2D eigenvalue weighted by molar-refractivity contribution is -0.134. The number of hydrogen-bond donors (Lipinski definition) is 0. The fourth-order valence-electron chi connectivity index (χ4n) is 3.25. The van der Waals surface area contributed by atoms with Crippen molar-refractivity contribution in [3.63, 3.8) is 0 Å². The zero-order valence-electron chi connectivity index (χ0n) is 15.2. The molecule has 0 spiro atoms. The molecule has 0 saturated carbocycles. The Balaban J connectivity index is 1.66. The average molecular weight is 357 g/mol. The molecule has 5 nitrogen and oxygen atoms in total. The maximum absolute atomic E-state index is 13.2. The van der Waals surface area contributed by atoms with Crippen LogP contribution in [-0.2, 0) is 11.3 Å². The zero-order chi connectivity index (χ0) is 18.5. The van der Waals surface area contributed by atoms with Gasteiger partial charge in [0.05, 0.1) is 17.4 Å². The molecule has 1 unspecified atom stereocenters. The Morgan fingerprint density at radius 1 is 1.31 bits per heavy atom. The van der Waals surface area contributed by atoms with E-state index in [-0.39, 0.29) is 24.4 Å². The molecule has 6 heteroatoms. The lowest BCUT2D eigenvalue weighted by Crippen LogP contribution is -2.35. The van der Waals surface area contributed by atoms with Gasteiger partial charge >= 0.3 is 0 Å². The SMILES string of the molecule is CN(C)Cc1cccc(C2CCCN2C(=O)COc2cccc(F)c2)n1. The zero-order valence-corrected chi connectivity index (χ0v) is 15.2. The van der Waals surface area contributed by atoms with Crippen LogP contribution in [0.25, 0.3) is 0 Å². The van der Waals surface area contributed by atoms with Gasteiger partial charge in [-0.1, -0.05) is 12.1 Å². The van der Waals surface area contributed by atoms with E-state index in [1.54, 1.807) is 12.1 Å². The van der Waals surface area contributed by atoms with E-state index in [1.807, 2.05) is 37.2 Å². The summed E-state index contributed by atoms with van der Waals surface area (Å²) in [5.41, 5.74) is 1.91. The summed E-state index contributed by atoms with van der Waals surface area (Å²) in [5.74, 6) is -0.118. The van der Waals surface area contributed by atoms with Crippen molar-refractivity contribution in [1.29, 1.82) is 0 Å². The molecule has 0 radical (unpaired) electrons. The van der Waals surface area contributed by atoms with Gasteiger partial charge in [-0.05, 0) is 51.2 Å². The second-order valence-electron chi connectivity index (χ2n) is 6.78. The van der Waals surface area contributed by atoms with Crippen molar-refractivity contribution in [1.82, 2.24) is 14.8 Å². The van der Waals surface area contributed by atoms with Crippen LogP contribution in [-0.4, -0.2) is 47.9 Å². The van der Waals surface area contributed by atoms with E-state index in [1.165, 1.54) is 12.1 Å². The van der Waals surface area contributed by atoms with Crippen molar-refractivity contribution >= 4 is 5.91 Å². The van der Waals surface area contributed by atoms with Gasteiger partial charge < -0.3 is 14.5 Å². The van der Waals surface area contributed by atoms with Crippen molar-refractivity contribution in [2.75, 3.05) is 27.2 Å². The normalized spacial score (nSPS) is 16.9. The fourth-order valence-corrected chi connectivity index (χ4v) is 3.25. The number of likely N-dealkylation sites (tertiary alicyclic amines) is 1. The number of nitrogens with zero attached hydrogens (tertiary/aromatic N) is 3. The third kappa shape index (κ3) is 4.58. The van der Waals surface area contributed by atoms with Gasteiger partial charge in [0.2, 0.25) is 0 Å². The van der Waals surface area contributed by atoms with E-state index < -0.39 is 0 Å². The van der Waals surface area contributed by atoms with Gasteiger partial charge in [-0.15, -0.1) is 0 Å². The quantitative estimate of drug-likeness (QED) is 0.797. The van der Waals surface area contributed by atoms with Crippen LogP contribution < -0.4 is 4.74 Å². The molecule has 1 aromatic heterocycles. The predicted octanol–water partition coefficient (Wildman–Crippen LogP) is 3.02. The maximum Gasteiger partial charge on any atom is 0.261 e. The summed E-state index contributed by atoms with van der Waals surface area (Å²) in [6.07, 6.45) is 1.83. The lowest BCUT2D eigenvalue weighted by atomic mass is 10.1. The highest BCUT2D eigenvalue weighted by Gasteiger charge is 2.31. The first-order chi connectivity index (χ1) is 12.5. The largest absolute Gasteiger partial charge is 0.484 e. The molecule has 2 aromatic rings. The summed E-state index contributed by atoms with van der Waals surface area (Å²) in [6, 6.07) is 11.8. The van der Waals surface area contributed by atoms with Crippen molar-refractivity contribution in [3.8, 4) is 5.75 Å². The van der Waals surface area contributed by atoms with Gasteiger partial charge in [0, 0.05) is 19.2 Å².